The first-order chi connectivity index (χ1) is 18.2. The molecule has 0 amide bonds. The van der Waals surface area contributed by atoms with Crippen LogP contribution in [0.15, 0.2) is 84.9 Å². The number of hydrogen-bond acceptors (Lipinski definition) is 5. The van der Waals surface area contributed by atoms with Gasteiger partial charge < -0.3 is 25.2 Å². The van der Waals surface area contributed by atoms with Gasteiger partial charge >= 0.3 is 23.9 Å². The average molecular weight is 510 g/mol. The largest absolute Gasteiger partial charge is 0.478 e. The second-order valence-corrected chi connectivity index (χ2v) is 8.56. The van der Waals surface area contributed by atoms with Crippen LogP contribution < -0.4 is 4.74 Å². The summed E-state index contributed by atoms with van der Waals surface area (Å²) >= 11 is 0. The van der Waals surface area contributed by atoms with Crippen LogP contribution in [0.4, 0.5) is 0 Å². The Morgan fingerprint density at radius 3 is 1.53 bits per heavy atom. The van der Waals surface area contributed by atoms with Crippen LogP contribution in [0.2, 0.25) is 0 Å². The van der Waals surface area contributed by atoms with Gasteiger partial charge in [-0.1, -0.05) is 60.7 Å². The molecule has 9 nitrogen and oxygen atoms in total. The molecule has 4 N–H and O–H groups in total. The molecule has 4 aromatic rings. The van der Waals surface area contributed by atoms with Crippen molar-refractivity contribution in [2.75, 3.05) is 0 Å². The first kappa shape index (κ1) is 24.3. The van der Waals surface area contributed by atoms with Gasteiger partial charge in [-0.25, -0.2) is 19.2 Å². The highest BCUT2D eigenvalue weighted by Gasteiger charge is 2.49. The number of carboxylic acid groups (broad SMARTS) is 4. The number of ether oxygens (including phenoxy) is 1. The molecule has 9 heteroatoms. The normalized spacial score (nSPS) is 12.9. The van der Waals surface area contributed by atoms with Gasteiger partial charge in [0.05, 0.1) is 27.7 Å². The lowest BCUT2D eigenvalue weighted by Gasteiger charge is -2.42. The summed E-state index contributed by atoms with van der Waals surface area (Å²) in [6.07, 6.45) is 0. The molecule has 4 aromatic carbocycles. The highest BCUT2D eigenvalue weighted by Crippen LogP contribution is 2.57. The van der Waals surface area contributed by atoms with Gasteiger partial charge in [-0.2, -0.15) is 0 Å². The Labute approximate surface area is 214 Å². The lowest BCUT2D eigenvalue weighted by Crippen LogP contribution is -2.37. The average Bonchev–Trinajstić information content (AvgIpc) is 2.91. The zero-order chi connectivity index (χ0) is 27.2. The van der Waals surface area contributed by atoms with Crippen LogP contribution in [0.1, 0.15) is 63.7 Å². The van der Waals surface area contributed by atoms with Crippen molar-refractivity contribution in [1.29, 1.82) is 0 Å². The Morgan fingerprint density at radius 2 is 1.05 bits per heavy atom. The van der Waals surface area contributed by atoms with E-state index in [0.717, 1.165) is 18.2 Å². The summed E-state index contributed by atoms with van der Waals surface area (Å²) in [7, 11) is 0. The predicted octanol–water partition coefficient (Wildman–Crippen LogP) is 4.97. The van der Waals surface area contributed by atoms with E-state index in [1.54, 1.807) is 60.7 Å². The molecule has 0 saturated heterocycles. The highest BCUT2D eigenvalue weighted by molar-refractivity contribution is 6.06. The summed E-state index contributed by atoms with van der Waals surface area (Å²) in [5.74, 6) is -6.01. The first-order valence-corrected chi connectivity index (χ1v) is 11.3. The maximum absolute atomic E-state index is 12.7. The molecule has 1 aliphatic heterocycles. The van der Waals surface area contributed by atoms with Crippen molar-refractivity contribution < 1.29 is 44.3 Å². The minimum Gasteiger partial charge on any atom is -0.478 e. The van der Waals surface area contributed by atoms with E-state index in [4.69, 9.17) is 4.74 Å². The minimum atomic E-state index is -1.59. The lowest BCUT2D eigenvalue weighted by molar-refractivity contribution is 0.0648. The highest BCUT2D eigenvalue weighted by atomic mass is 16.5. The first-order valence-electron chi connectivity index (χ1n) is 11.3. The third-order valence-electron chi connectivity index (χ3n) is 6.60. The van der Waals surface area contributed by atoms with Crippen molar-refractivity contribution >= 4 is 23.9 Å². The molecule has 188 valence electrons. The van der Waals surface area contributed by atoms with Crippen molar-refractivity contribution in [3.8, 4) is 11.5 Å². The van der Waals surface area contributed by atoms with Crippen LogP contribution in [-0.4, -0.2) is 44.3 Å². The molecule has 1 aliphatic rings. The van der Waals surface area contributed by atoms with Gasteiger partial charge in [-0.15, -0.1) is 0 Å². The van der Waals surface area contributed by atoms with Crippen LogP contribution in [0.5, 0.6) is 11.5 Å². The van der Waals surface area contributed by atoms with Crippen molar-refractivity contribution in [3.63, 3.8) is 0 Å². The zero-order valence-electron chi connectivity index (χ0n) is 19.4. The molecule has 0 spiro atoms. The zero-order valence-corrected chi connectivity index (χ0v) is 19.4. The molecule has 0 fully saturated rings. The maximum Gasteiger partial charge on any atom is 0.337 e. The number of carbonyl (C=O) groups is 4. The second kappa shape index (κ2) is 8.90. The fourth-order valence-electron chi connectivity index (χ4n) is 5.15. The van der Waals surface area contributed by atoms with E-state index in [1.807, 2.05) is 0 Å². The predicted molar refractivity (Wildman–Crippen MR) is 133 cm³/mol. The minimum absolute atomic E-state index is 0.00739. The maximum atomic E-state index is 12.7. The number of carboxylic acids is 4. The second-order valence-electron chi connectivity index (χ2n) is 8.56. The Morgan fingerprint density at radius 1 is 0.553 bits per heavy atom. The molecular weight excluding hydrogens is 492 g/mol. The number of aromatic carboxylic acids is 4. The van der Waals surface area contributed by atoms with E-state index in [0.29, 0.717) is 11.1 Å². The smallest absolute Gasteiger partial charge is 0.337 e. The fourth-order valence-corrected chi connectivity index (χ4v) is 5.15. The molecular formula is C29H18O9. The molecule has 0 radical (unpaired) electrons. The van der Waals surface area contributed by atoms with E-state index >= 15 is 0 Å². The molecule has 0 aromatic heterocycles. The lowest BCUT2D eigenvalue weighted by atomic mass is 9.61. The Bertz CT molecular complexity index is 1600. The quantitative estimate of drug-likeness (QED) is 0.247. The third-order valence-corrected chi connectivity index (χ3v) is 6.60. The van der Waals surface area contributed by atoms with Crippen LogP contribution in [0.3, 0.4) is 0 Å². The molecule has 38 heavy (non-hydrogen) atoms. The van der Waals surface area contributed by atoms with Gasteiger partial charge in [0.25, 0.3) is 0 Å². The van der Waals surface area contributed by atoms with E-state index < -0.39 is 51.5 Å². The van der Waals surface area contributed by atoms with Gasteiger partial charge in [0, 0.05) is 11.1 Å². The Kier molecular flexibility index (Phi) is 5.68. The Hall–Kier alpha value is -5.44. The van der Waals surface area contributed by atoms with Crippen LogP contribution in [0.25, 0.3) is 0 Å². The summed E-state index contributed by atoms with van der Waals surface area (Å²) in [6, 6.07) is 21.8. The summed E-state index contributed by atoms with van der Waals surface area (Å²) in [4.78, 5) is 49.0. The summed E-state index contributed by atoms with van der Waals surface area (Å²) in [5.41, 5.74) is -2.56. The van der Waals surface area contributed by atoms with Crippen molar-refractivity contribution in [1.82, 2.24) is 0 Å². The third kappa shape index (κ3) is 3.48. The van der Waals surface area contributed by atoms with Crippen molar-refractivity contribution in [3.05, 3.63) is 129 Å². The molecule has 0 atom stereocenters. The molecule has 0 bridgehead atoms. The van der Waals surface area contributed by atoms with Crippen molar-refractivity contribution in [2.45, 2.75) is 5.41 Å². The Balaban J connectivity index is 2.08. The van der Waals surface area contributed by atoms with Crippen LogP contribution in [0, 0.1) is 0 Å². The molecule has 0 aliphatic carbocycles. The van der Waals surface area contributed by atoms with Gasteiger partial charge in [0.1, 0.15) is 11.5 Å². The van der Waals surface area contributed by atoms with E-state index in [9.17, 15) is 39.6 Å². The van der Waals surface area contributed by atoms with E-state index in [1.165, 1.54) is 6.07 Å². The SMILES string of the molecule is O=C(O)c1cc2c(cc1C(=O)O)C(c1ccccc1)(c1ccccc1)c1c(ccc(C(=O)O)c1C(=O)O)O2. The number of rotatable bonds is 6. The van der Waals surface area contributed by atoms with Crippen LogP contribution in [-0.2, 0) is 5.41 Å². The molecule has 0 saturated carbocycles. The van der Waals surface area contributed by atoms with E-state index in [-0.39, 0.29) is 22.6 Å². The van der Waals surface area contributed by atoms with Gasteiger partial charge in [-0.05, 0) is 35.4 Å². The van der Waals surface area contributed by atoms with Gasteiger partial charge in [0.2, 0.25) is 0 Å². The molecule has 5 rings (SSSR count). The number of fused-ring (bicyclic) bond motifs is 2. The van der Waals surface area contributed by atoms with E-state index in [2.05, 4.69) is 0 Å². The van der Waals surface area contributed by atoms with Gasteiger partial charge in [-0.3, -0.25) is 0 Å². The monoisotopic (exact) mass is 510 g/mol. The topological polar surface area (TPSA) is 158 Å². The summed E-state index contributed by atoms with van der Waals surface area (Å²) < 4.78 is 6.01. The van der Waals surface area contributed by atoms with Gasteiger partial charge in [0.15, 0.2) is 0 Å². The summed E-state index contributed by atoms with van der Waals surface area (Å²) in [6.45, 7) is 0. The standard InChI is InChI=1S/C29H18O9/c30-25(31)17-11-12-21-24(23(17)28(36)37)29(15-7-3-1-4-8-15,16-9-5-2-6-10-16)20-13-18(26(32)33)19(27(34)35)14-22(20)38-21/h1-14H,(H,30,31)(H,32,33)(H,34,35)(H,36,37). The fraction of sp³-hybridized carbons (Fsp3) is 0.0345. The molecule has 1 heterocycles. The van der Waals surface area contributed by atoms with Crippen LogP contribution >= 0.6 is 0 Å². The number of hydrogen-bond donors (Lipinski definition) is 4. The molecule has 0 unspecified atom stereocenters. The summed E-state index contributed by atoms with van der Waals surface area (Å²) in [5, 5.41) is 39.8. The number of benzene rings is 4. The van der Waals surface area contributed by atoms with Crippen molar-refractivity contribution in [2.24, 2.45) is 0 Å².